The number of esters is 1. The van der Waals surface area contributed by atoms with Crippen molar-refractivity contribution in [1.29, 1.82) is 0 Å². The summed E-state index contributed by atoms with van der Waals surface area (Å²) in [6, 6.07) is 0. The lowest BCUT2D eigenvalue weighted by Crippen LogP contribution is -2.44. The number of rotatable bonds is 0. The van der Waals surface area contributed by atoms with Crippen LogP contribution in [0.5, 0.6) is 0 Å². The standard InChI is InChI=1S/C16H25NO4/c1-15(2,3)21-14(19)17-7-5-11-8-16(9-12(11)10-17)6-4-13(18)20-16/h11-12H,4-10H2,1-3H3. The highest BCUT2D eigenvalue weighted by molar-refractivity contribution is 5.72. The Balaban J connectivity index is 1.61. The third-order valence-electron chi connectivity index (χ3n) is 4.93. The predicted octanol–water partition coefficient (Wildman–Crippen LogP) is 2.73. The molecule has 0 N–H and O–H groups in total. The van der Waals surface area contributed by atoms with Crippen LogP contribution in [0, 0.1) is 11.8 Å². The number of ether oxygens (including phenoxy) is 2. The first-order valence-electron chi connectivity index (χ1n) is 7.96. The maximum Gasteiger partial charge on any atom is 0.410 e. The van der Waals surface area contributed by atoms with Gasteiger partial charge >= 0.3 is 12.1 Å². The highest BCUT2D eigenvalue weighted by Crippen LogP contribution is 2.50. The van der Waals surface area contributed by atoms with Gasteiger partial charge in [-0.25, -0.2) is 4.79 Å². The normalized spacial score (nSPS) is 35.8. The Bertz CT molecular complexity index is 456. The van der Waals surface area contributed by atoms with E-state index >= 15 is 0 Å². The van der Waals surface area contributed by atoms with Gasteiger partial charge in [-0.3, -0.25) is 4.79 Å². The van der Waals surface area contributed by atoms with Gasteiger partial charge in [0.1, 0.15) is 11.2 Å². The van der Waals surface area contributed by atoms with Crippen LogP contribution in [0.4, 0.5) is 4.79 Å². The molecule has 1 aliphatic carbocycles. The van der Waals surface area contributed by atoms with E-state index in [-0.39, 0.29) is 17.7 Å². The molecule has 3 atom stereocenters. The number of hydrogen-bond donors (Lipinski definition) is 0. The molecule has 0 radical (unpaired) electrons. The second-order valence-corrected chi connectivity index (χ2v) is 7.80. The topological polar surface area (TPSA) is 55.8 Å². The van der Waals surface area contributed by atoms with Crippen LogP contribution >= 0.6 is 0 Å². The monoisotopic (exact) mass is 295 g/mol. The maximum absolute atomic E-state index is 12.2. The fourth-order valence-corrected chi connectivity index (χ4v) is 4.07. The molecule has 3 rings (SSSR count). The summed E-state index contributed by atoms with van der Waals surface area (Å²) in [7, 11) is 0. The summed E-state index contributed by atoms with van der Waals surface area (Å²) in [5.74, 6) is 0.962. The number of hydrogen-bond acceptors (Lipinski definition) is 4. The van der Waals surface area contributed by atoms with Crippen molar-refractivity contribution in [3.8, 4) is 0 Å². The van der Waals surface area contributed by atoms with Crippen molar-refractivity contribution < 1.29 is 19.1 Å². The van der Waals surface area contributed by atoms with Crippen molar-refractivity contribution in [2.75, 3.05) is 13.1 Å². The van der Waals surface area contributed by atoms with Gasteiger partial charge in [-0.1, -0.05) is 0 Å². The minimum atomic E-state index is -0.453. The molecule has 0 aromatic heterocycles. The van der Waals surface area contributed by atoms with Crippen LogP contribution in [-0.4, -0.2) is 41.3 Å². The van der Waals surface area contributed by atoms with Crippen molar-refractivity contribution in [1.82, 2.24) is 4.90 Å². The summed E-state index contributed by atoms with van der Waals surface area (Å²) in [6.45, 7) is 7.15. The lowest BCUT2D eigenvalue weighted by Gasteiger charge is -2.35. The van der Waals surface area contributed by atoms with Crippen LogP contribution in [0.25, 0.3) is 0 Å². The minimum Gasteiger partial charge on any atom is -0.459 e. The van der Waals surface area contributed by atoms with Gasteiger partial charge < -0.3 is 14.4 Å². The molecule has 2 saturated heterocycles. The first-order chi connectivity index (χ1) is 9.76. The minimum absolute atomic E-state index is 0.0577. The highest BCUT2D eigenvalue weighted by Gasteiger charge is 2.52. The number of carbonyl (C=O) groups is 2. The SMILES string of the molecule is CC(C)(C)OC(=O)N1CCC2CC3(CCC(=O)O3)CC2C1. The van der Waals surface area contributed by atoms with E-state index in [0.29, 0.717) is 18.3 Å². The van der Waals surface area contributed by atoms with Crippen LogP contribution in [-0.2, 0) is 14.3 Å². The van der Waals surface area contributed by atoms with Gasteiger partial charge in [0, 0.05) is 19.5 Å². The van der Waals surface area contributed by atoms with Gasteiger partial charge in [-0.2, -0.15) is 0 Å². The summed E-state index contributed by atoms with van der Waals surface area (Å²) in [6.07, 6.45) is 4.06. The molecular formula is C16H25NO4. The zero-order valence-electron chi connectivity index (χ0n) is 13.2. The summed E-state index contributed by atoms with van der Waals surface area (Å²) in [4.78, 5) is 25.4. The van der Waals surface area contributed by atoms with E-state index in [1.165, 1.54) is 0 Å². The van der Waals surface area contributed by atoms with E-state index in [1.54, 1.807) is 0 Å². The summed E-state index contributed by atoms with van der Waals surface area (Å²) in [5.41, 5.74) is -0.678. The van der Waals surface area contributed by atoms with Crippen molar-refractivity contribution >= 4 is 12.1 Å². The summed E-state index contributed by atoms with van der Waals surface area (Å²) in [5, 5.41) is 0. The summed E-state index contributed by atoms with van der Waals surface area (Å²) < 4.78 is 11.1. The lowest BCUT2D eigenvalue weighted by atomic mass is 9.89. The predicted molar refractivity (Wildman–Crippen MR) is 76.7 cm³/mol. The van der Waals surface area contributed by atoms with Gasteiger partial charge in [0.25, 0.3) is 0 Å². The number of fused-ring (bicyclic) bond motifs is 1. The van der Waals surface area contributed by atoms with E-state index in [4.69, 9.17) is 9.47 Å². The third-order valence-corrected chi connectivity index (χ3v) is 4.93. The van der Waals surface area contributed by atoms with E-state index in [0.717, 1.165) is 38.8 Å². The average Bonchev–Trinajstić information content (AvgIpc) is 2.88. The van der Waals surface area contributed by atoms with Gasteiger partial charge in [-0.15, -0.1) is 0 Å². The van der Waals surface area contributed by atoms with Crippen molar-refractivity contribution in [2.24, 2.45) is 11.8 Å². The Kier molecular flexibility index (Phi) is 3.41. The van der Waals surface area contributed by atoms with Crippen molar-refractivity contribution in [3.63, 3.8) is 0 Å². The molecule has 1 amide bonds. The Morgan fingerprint density at radius 3 is 2.67 bits per heavy atom. The highest BCUT2D eigenvalue weighted by atomic mass is 16.6. The van der Waals surface area contributed by atoms with Gasteiger partial charge in [0.15, 0.2) is 0 Å². The van der Waals surface area contributed by atoms with Gasteiger partial charge in [-0.05, 0) is 58.3 Å². The molecule has 3 fully saturated rings. The van der Waals surface area contributed by atoms with Crippen LogP contribution in [0.3, 0.4) is 0 Å². The van der Waals surface area contributed by atoms with Crippen molar-refractivity contribution in [3.05, 3.63) is 0 Å². The molecule has 2 heterocycles. The molecule has 1 spiro atoms. The fraction of sp³-hybridized carbons (Fsp3) is 0.875. The molecule has 0 aromatic rings. The molecule has 118 valence electrons. The molecular weight excluding hydrogens is 270 g/mol. The summed E-state index contributed by atoms with van der Waals surface area (Å²) >= 11 is 0. The Hall–Kier alpha value is -1.26. The maximum atomic E-state index is 12.2. The molecule has 2 aliphatic heterocycles. The molecule has 5 nitrogen and oxygen atoms in total. The van der Waals surface area contributed by atoms with E-state index in [9.17, 15) is 9.59 Å². The second kappa shape index (κ2) is 4.89. The largest absolute Gasteiger partial charge is 0.459 e. The molecule has 3 unspecified atom stereocenters. The van der Waals surface area contributed by atoms with E-state index in [1.807, 2.05) is 25.7 Å². The molecule has 1 saturated carbocycles. The first kappa shape index (κ1) is 14.7. The van der Waals surface area contributed by atoms with Crippen LogP contribution < -0.4 is 0 Å². The quantitative estimate of drug-likeness (QED) is 0.645. The zero-order chi connectivity index (χ0) is 15.3. The van der Waals surface area contributed by atoms with Crippen LogP contribution in [0.1, 0.15) is 52.9 Å². The number of piperidine rings is 1. The van der Waals surface area contributed by atoms with Gasteiger partial charge in [0.2, 0.25) is 0 Å². The molecule has 5 heteroatoms. The van der Waals surface area contributed by atoms with Crippen LogP contribution in [0.2, 0.25) is 0 Å². The Morgan fingerprint density at radius 1 is 1.33 bits per heavy atom. The molecule has 3 aliphatic rings. The van der Waals surface area contributed by atoms with Gasteiger partial charge in [0.05, 0.1) is 0 Å². The average molecular weight is 295 g/mol. The number of nitrogens with zero attached hydrogens (tertiary/aromatic N) is 1. The number of carbonyl (C=O) groups excluding carboxylic acids is 2. The first-order valence-corrected chi connectivity index (χ1v) is 7.96. The van der Waals surface area contributed by atoms with E-state index in [2.05, 4.69) is 0 Å². The number of amides is 1. The third kappa shape index (κ3) is 3.01. The lowest BCUT2D eigenvalue weighted by molar-refractivity contribution is -0.148. The zero-order valence-corrected chi connectivity index (χ0v) is 13.2. The van der Waals surface area contributed by atoms with Crippen LogP contribution in [0.15, 0.2) is 0 Å². The van der Waals surface area contributed by atoms with Crippen molar-refractivity contribution in [2.45, 2.75) is 64.1 Å². The second-order valence-electron chi connectivity index (χ2n) is 7.80. The fourth-order valence-electron chi connectivity index (χ4n) is 4.07. The number of likely N-dealkylation sites (tertiary alicyclic amines) is 1. The Labute approximate surface area is 126 Å². The molecule has 21 heavy (non-hydrogen) atoms. The Morgan fingerprint density at radius 2 is 2.05 bits per heavy atom. The molecule has 0 bridgehead atoms. The smallest absolute Gasteiger partial charge is 0.410 e. The van der Waals surface area contributed by atoms with E-state index < -0.39 is 5.60 Å². The molecule has 0 aromatic carbocycles.